The lowest BCUT2D eigenvalue weighted by Gasteiger charge is -2.05. The summed E-state index contributed by atoms with van der Waals surface area (Å²) in [6.07, 6.45) is 0. The molecule has 2 amide bonds. The SMILES string of the molecule is O=C1NC(=O)c2cc(NCc3cccs3)ccc21. The van der Waals surface area contributed by atoms with Gasteiger partial charge in [0.1, 0.15) is 0 Å². The lowest BCUT2D eigenvalue weighted by atomic mass is 10.1. The quantitative estimate of drug-likeness (QED) is 0.830. The lowest BCUT2D eigenvalue weighted by molar-refractivity contribution is 0.0879. The van der Waals surface area contributed by atoms with Crippen molar-refractivity contribution in [1.82, 2.24) is 5.32 Å². The number of benzene rings is 1. The molecule has 1 aliphatic heterocycles. The van der Waals surface area contributed by atoms with Crippen LogP contribution in [0.3, 0.4) is 0 Å². The normalized spacial score (nSPS) is 13.3. The van der Waals surface area contributed by atoms with Crippen molar-refractivity contribution < 1.29 is 9.59 Å². The summed E-state index contributed by atoms with van der Waals surface area (Å²) in [5.41, 5.74) is 1.73. The fraction of sp³-hybridized carbons (Fsp3) is 0.0769. The fourth-order valence-corrected chi connectivity index (χ4v) is 2.52. The Morgan fingerprint density at radius 1 is 1.11 bits per heavy atom. The highest BCUT2D eigenvalue weighted by molar-refractivity contribution is 7.09. The second-order valence-electron chi connectivity index (χ2n) is 3.98. The zero-order chi connectivity index (χ0) is 12.5. The largest absolute Gasteiger partial charge is 0.380 e. The van der Waals surface area contributed by atoms with E-state index in [0.717, 1.165) is 5.69 Å². The average Bonchev–Trinajstić information content (AvgIpc) is 2.97. The van der Waals surface area contributed by atoms with Crippen LogP contribution in [0.1, 0.15) is 25.6 Å². The van der Waals surface area contributed by atoms with Crippen molar-refractivity contribution in [2.75, 3.05) is 5.32 Å². The molecule has 4 nitrogen and oxygen atoms in total. The molecule has 0 saturated heterocycles. The van der Waals surface area contributed by atoms with Gasteiger partial charge in [-0.3, -0.25) is 14.9 Å². The van der Waals surface area contributed by atoms with Crippen molar-refractivity contribution in [1.29, 1.82) is 0 Å². The molecule has 1 aromatic carbocycles. The molecule has 0 spiro atoms. The monoisotopic (exact) mass is 258 g/mol. The van der Waals surface area contributed by atoms with Crippen molar-refractivity contribution in [2.24, 2.45) is 0 Å². The Morgan fingerprint density at radius 3 is 2.72 bits per heavy atom. The minimum absolute atomic E-state index is 0.320. The molecule has 0 saturated carbocycles. The number of hydrogen-bond donors (Lipinski definition) is 2. The minimum Gasteiger partial charge on any atom is -0.380 e. The third-order valence-electron chi connectivity index (χ3n) is 2.78. The maximum atomic E-state index is 11.5. The highest BCUT2D eigenvalue weighted by Crippen LogP contribution is 2.21. The van der Waals surface area contributed by atoms with Gasteiger partial charge in [0.25, 0.3) is 11.8 Å². The highest BCUT2D eigenvalue weighted by atomic mass is 32.1. The van der Waals surface area contributed by atoms with E-state index in [0.29, 0.717) is 17.7 Å². The molecule has 1 aliphatic rings. The van der Waals surface area contributed by atoms with Crippen molar-refractivity contribution in [3.8, 4) is 0 Å². The number of carbonyl (C=O) groups excluding carboxylic acids is 2. The number of hydrogen-bond acceptors (Lipinski definition) is 4. The van der Waals surface area contributed by atoms with E-state index in [9.17, 15) is 9.59 Å². The minimum atomic E-state index is -0.324. The predicted octanol–water partition coefficient (Wildman–Crippen LogP) is 2.24. The molecule has 2 heterocycles. The van der Waals surface area contributed by atoms with E-state index < -0.39 is 0 Å². The van der Waals surface area contributed by atoms with Crippen LogP contribution in [0.2, 0.25) is 0 Å². The molecule has 0 bridgehead atoms. The van der Waals surface area contributed by atoms with Gasteiger partial charge in [-0.25, -0.2) is 0 Å². The molecule has 18 heavy (non-hydrogen) atoms. The number of amides is 2. The molecule has 0 radical (unpaired) electrons. The van der Waals surface area contributed by atoms with E-state index in [1.165, 1.54) is 4.88 Å². The van der Waals surface area contributed by atoms with Gasteiger partial charge in [0.15, 0.2) is 0 Å². The van der Waals surface area contributed by atoms with E-state index in [1.54, 1.807) is 23.5 Å². The second kappa shape index (κ2) is 4.27. The van der Waals surface area contributed by atoms with Gasteiger partial charge in [-0.1, -0.05) is 6.07 Å². The molecule has 2 N–H and O–H groups in total. The maximum Gasteiger partial charge on any atom is 0.259 e. The second-order valence-corrected chi connectivity index (χ2v) is 5.01. The summed E-state index contributed by atoms with van der Waals surface area (Å²) in [4.78, 5) is 24.1. The van der Waals surface area contributed by atoms with Crippen molar-refractivity contribution >= 4 is 28.8 Å². The third kappa shape index (κ3) is 1.89. The molecule has 1 aromatic heterocycles. The van der Waals surface area contributed by atoms with Gasteiger partial charge in [0.05, 0.1) is 11.1 Å². The number of carbonyl (C=O) groups is 2. The Morgan fingerprint density at radius 2 is 1.94 bits per heavy atom. The molecular weight excluding hydrogens is 248 g/mol. The summed E-state index contributed by atoms with van der Waals surface area (Å²) >= 11 is 1.67. The molecule has 3 rings (SSSR count). The first-order valence-corrected chi connectivity index (χ1v) is 6.38. The first-order chi connectivity index (χ1) is 8.74. The number of thiophene rings is 1. The Kier molecular flexibility index (Phi) is 2.60. The molecule has 0 fully saturated rings. The average molecular weight is 258 g/mol. The van der Waals surface area contributed by atoms with Gasteiger partial charge >= 0.3 is 0 Å². The predicted molar refractivity (Wildman–Crippen MR) is 69.9 cm³/mol. The Bertz CT molecular complexity index is 620. The van der Waals surface area contributed by atoms with E-state index in [4.69, 9.17) is 0 Å². The van der Waals surface area contributed by atoms with Gasteiger partial charge < -0.3 is 5.32 Å². The maximum absolute atomic E-state index is 11.5. The molecule has 0 atom stereocenters. The first-order valence-electron chi connectivity index (χ1n) is 5.50. The number of fused-ring (bicyclic) bond motifs is 1. The number of nitrogens with one attached hydrogen (secondary N) is 2. The highest BCUT2D eigenvalue weighted by Gasteiger charge is 2.26. The van der Waals surface area contributed by atoms with Crippen LogP contribution < -0.4 is 10.6 Å². The van der Waals surface area contributed by atoms with Crippen molar-refractivity contribution in [3.63, 3.8) is 0 Å². The van der Waals surface area contributed by atoms with Crippen LogP contribution in [-0.2, 0) is 6.54 Å². The van der Waals surface area contributed by atoms with Gasteiger partial charge in [0, 0.05) is 17.1 Å². The van der Waals surface area contributed by atoms with Crippen LogP contribution >= 0.6 is 11.3 Å². The zero-order valence-corrected chi connectivity index (χ0v) is 10.2. The van der Waals surface area contributed by atoms with Crippen LogP contribution in [-0.4, -0.2) is 11.8 Å². The Hall–Kier alpha value is -2.14. The van der Waals surface area contributed by atoms with Gasteiger partial charge in [0.2, 0.25) is 0 Å². The lowest BCUT2D eigenvalue weighted by Crippen LogP contribution is -2.19. The molecule has 5 heteroatoms. The number of rotatable bonds is 3. The molecule has 2 aromatic rings. The van der Waals surface area contributed by atoms with Crippen LogP contribution in [0.5, 0.6) is 0 Å². The Labute approximate surface area is 108 Å². The zero-order valence-electron chi connectivity index (χ0n) is 9.40. The van der Waals surface area contributed by atoms with E-state index in [-0.39, 0.29) is 11.8 Å². The molecular formula is C13H10N2O2S. The van der Waals surface area contributed by atoms with Crippen LogP contribution in [0, 0.1) is 0 Å². The topological polar surface area (TPSA) is 58.2 Å². The number of anilines is 1. The third-order valence-corrected chi connectivity index (χ3v) is 3.66. The summed E-state index contributed by atoms with van der Waals surface area (Å²) in [6, 6.07) is 9.23. The molecule has 90 valence electrons. The van der Waals surface area contributed by atoms with Gasteiger partial charge in [-0.05, 0) is 29.6 Å². The molecule has 0 unspecified atom stereocenters. The summed E-state index contributed by atoms with van der Waals surface area (Å²) in [6.45, 7) is 0.714. The molecule has 0 aliphatic carbocycles. The summed E-state index contributed by atoms with van der Waals surface area (Å²) in [5.74, 6) is -0.644. The van der Waals surface area contributed by atoms with Crippen LogP contribution in [0.4, 0.5) is 5.69 Å². The van der Waals surface area contributed by atoms with Crippen molar-refractivity contribution in [2.45, 2.75) is 6.54 Å². The fourth-order valence-electron chi connectivity index (χ4n) is 1.88. The van der Waals surface area contributed by atoms with Gasteiger partial charge in [-0.2, -0.15) is 0 Å². The smallest absolute Gasteiger partial charge is 0.259 e. The standard InChI is InChI=1S/C13H10N2O2S/c16-12-10-4-3-8(6-11(10)13(17)15-12)14-7-9-2-1-5-18-9/h1-6,14H,7H2,(H,15,16,17). The van der Waals surface area contributed by atoms with Crippen LogP contribution in [0.25, 0.3) is 0 Å². The van der Waals surface area contributed by atoms with Gasteiger partial charge in [-0.15, -0.1) is 11.3 Å². The van der Waals surface area contributed by atoms with Crippen molar-refractivity contribution in [3.05, 3.63) is 51.7 Å². The van der Waals surface area contributed by atoms with E-state index >= 15 is 0 Å². The summed E-state index contributed by atoms with van der Waals surface area (Å²) in [7, 11) is 0. The van der Waals surface area contributed by atoms with Crippen LogP contribution in [0.15, 0.2) is 35.7 Å². The summed E-state index contributed by atoms with van der Waals surface area (Å²) < 4.78 is 0. The van der Waals surface area contributed by atoms with E-state index in [1.807, 2.05) is 23.6 Å². The van der Waals surface area contributed by atoms with E-state index in [2.05, 4.69) is 10.6 Å². The number of imide groups is 1. The summed E-state index contributed by atoms with van der Waals surface area (Å²) in [5, 5.41) is 7.53. The first kappa shape index (κ1) is 11.0. The Balaban J connectivity index is 1.81.